The molecular formula is C28H27ClN4O2. The second kappa shape index (κ2) is 8.54. The van der Waals surface area contributed by atoms with Crippen LogP contribution in [0.1, 0.15) is 65.1 Å². The molecule has 2 aromatic heterocycles. The van der Waals surface area contributed by atoms with Crippen molar-refractivity contribution in [2.24, 2.45) is 0 Å². The molecule has 5 rings (SSSR count). The van der Waals surface area contributed by atoms with E-state index >= 15 is 0 Å². The Balaban J connectivity index is 1.67. The number of amides is 1. The van der Waals surface area contributed by atoms with Crippen LogP contribution in [0, 0.1) is 6.92 Å². The fourth-order valence-corrected chi connectivity index (χ4v) is 4.78. The van der Waals surface area contributed by atoms with Crippen molar-refractivity contribution >= 4 is 17.5 Å². The van der Waals surface area contributed by atoms with E-state index < -0.39 is 0 Å². The smallest absolute Gasteiger partial charge is 0.273 e. The molecule has 0 unspecified atom stereocenters. The molecule has 0 fully saturated rings. The van der Waals surface area contributed by atoms with Gasteiger partial charge < -0.3 is 10.0 Å². The van der Waals surface area contributed by atoms with Gasteiger partial charge >= 0.3 is 0 Å². The van der Waals surface area contributed by atoms with E-state index in [0.29, 0.717) is 28.5 Å². The number of H-pyrrole nitrogens is 1. The van der Waals surface area contributed by atoms with Crippen LogP contribution in [-0.4, -0.2) is 31.1 Å². The molecule has 0 spiro atoms. The van der Waals surface area contributed by atoms with Gasteiger partial charge in [-0.3, -0.25) is 14.9 Å². The molecule has 0 radical (unpaired) electrons. The normalized spacial score (nSPS) is 15.5. The van der Waals surface area contributed by atoms with Crippen LogP contribution in [0.2, 0.25) is 5.02 Å². The number of nitrogens with zero attached hydrogens (tertiary/aromatic N) is 3. The van der Waals surface area contributed by atoms with Crippen molar-refractivity contribution in [1.82, 2.24) is 20.1 Å². The van der Waals surface area contributed by atoms with E-state index in [0.717, 1.165) is 22.3 Å². The molecule has 1 atom stereocenters. The molecule has 35 heavy (non-hydrogen) atoms. The second-order valence-electron chi connectivity index (χ2n) is 10.0. The lowest BCUT2D eigenvalue weighted by molar-refractivity contribution is 0.0730. The fourth-order valence-electron chi connectivity index (χ4n) is 4.62. The third-order valence-corrected chi connectivity index (χ3v) is 6.97. The number of halogens is 1. The number of hydrogen-bond donors (Lipinski definition) is 2. The highest BCUT2D eigenvalue weighted by Crippen LogP contribution is 2.46. The SMILES string of the molecule is Cc1cc(O)c(-c2n[nH]c3c2[C@H](c2ccc(C(C)(C)C)cc2)N(Cc2cccnc2)C3=O)cc1Cl. The number of hydrogen-bond acceptors (Lipinski definition) is 4. The number of rotatable bonds is 4. The molecular weight excluding hydrogens is 460 g/mol. The largest absolute Gasteiger partial charge is 0.507 e. The van der Waals surface area contributed by atoms with Gasteiger partial charge in [0.05, 0.1) is 6.04 Å². The van der Waals surface area contributed by atoms with Gasteiger partial charge in [-0.1, -0.05) is 62.7 Å². The Morgan fingerprint density at radius 2 is 1.89 bits per heavy atom. The van der Waals surface area contributed by atoms with Crippen LogP contribution in [0.4, 0.5) is 0 Å². The molecule has 3 heterocycles. The summed E-state index contributed by atoms with van der Waals surface area (Å²) in [6.45, 7) is 8.74. The third-order valence-electron chi connectivity index (χ3n) is 6.56. The van der Waals surface area contributed by atoms with E-state index in [9.17, 15) is 9.90 Å². The van der Waals surface area contributed by atoms with Gasteiger partial charge in [-0.05, 0) is 52.8 Å². The summed E-state index contributed by atoms with van der Waals surface area (Å²) in [4.78, 5) is 19.6. The summed E-state index contributed by atoms with van der Waals surface area (Å²) in [6.07, 6.45) is 3.48. The number of aromatic amines is 1. The molecule has 2 N–H and O–H groups in total. The molecule has 0 aliphatic carbocycles. The zero-order chi connectivity index (χ0) is 24.9. The fraction of sp³-hybridized carbons (Fsp3) is 0.250. The molecule has 6 nitrogen and oxygen atoms in total. The number of phenolic OH excluding ortho intramolecular Hbond substituents is 1. The van der Waals surface area contributed by atoms with Crippen LogP contribution < -0.4 is 0 Å². The molecule has 2 aromatic carbocycles. The van der Waals surface area contributed by atoms with Crippen LogP contribution in [0.25, 0.3) is 11.3 Å². The van der Waals surface area contributed by atoms with Crippen molar-refractivity contribution in [3.8, 4) is 17.0 Å². The van der Waals surface area contributed by atoms with Crippen molar-refractivity contribution in [2.75, 3.05) is 0 Å². The number of aromatic hydroxyl groups is 1. The number of phenols is 1. The zero-order valence-corrected chi connectivity index (χ0v) is 20.9. The number of nitrogens with one attached hydrogen (secondary N) is 1. The summed E-state index contributed by atoms with van der Waals surface area (Å²) in [6, 6.07) is 15.1. The van der Waals surface area contributed by atoms with Gasteiger partial charge in [-0.25, -0.2) is 0 Å². The van der Waals surface area contributed by atoms with Crippen LogP contribution in [0.15, 0.2) is 60.9 Å². The number of aryl methyl sites for hydroxylation is 1. The van der Waals surface area contributed by atoms with Crippen molar-refractivity contribution in [2.45, 2.75) is 45.7 Å². The molecule has 0 saturated heterocycles. The van der Waals surface area contributed by atoms with Crippen molar-refractivity contribution < 1.29 is 9.90 Å². The van der Waals surface area contributed by atoms with Gasteiger partial charge in [0.25, 0.3) is 5.91 Å². The molecule has 1 amide bonds. The maximum absolute atomic E-state index is 13.6. The second-order valence-corrected chi connectivity index (χ2v) is 10.5. The average molecular weight is 487 g/mol. The first-order valence-corrected chi connectivity index (χ1v) is 11.9. The Morgan fingerprint density at radius 1 is 1.14 bits per heavy atom. The first kappa shape index (κ1) is 23.1. The highest BCUT2D eigenvalue weighted by Gasteiger charge is 2.42. The minimum atomic E-state index is -0.389. The van der Waals surface area contributed by atoms with Gasteiger partial charge in [0.2, 0.25) is 0 Å². The van der Waals surface area contributed by atoms with Crippen LogP contribution >= 0.6 is 11.6 Å². The minimum Gasteiger partial charge on any atom is -0.507 e. The summed E-state index contributed by atoms with van der Waals surface area (Å²) in [5, 5.41) is 18.7. The number of fused-ring (bicyclic) bond motifs is 1. The molecule has 1 aliphatic rings. The first-order chi connectivity index (χ1) is 16.6. The predicted octanol–water partition coefficient (Wildman–Crippen LogP) is 6.18. The van der Waals surface area contributed by atoms with E-state index in [1.165, 1.54) is 5.56 Å². The number of carbonyl (C=O) groups excluding carboxylic acids is 1. The number of pyridine rings is 1. The van der Waals surface area contributed by atoms with E-state index in [2.05, 4.69) is 60.2 Å². The molecule has 4 aromatic rings. The van der Waals surface area contributed by atoms with E-state index in [-0.39, 0.29) is 23.1 Å². The monoisotopic (exact) mass is 486 g/mol. The standard InChI is InChI=1S/C28H27ClN4O2/c1-16-12-22(34)20(13-21(16)29)24-23-25(32-31-24)27(35)33(15-17-6-5-11-30-14-17)26(23)18-7-9-19(10-8-18)28(2,3)4/h5-14,26,34H,15H2,1-4H3,(H,31,32)/t26-/m0/s1. The van der Waals surface area contributed by atoms with Crippen LogP contribution in [-0.2, 0) is 12.0 Å². The van der Waals surface area contributed by atoms with Gasteiger partial charge in [-0.15, -0.1) is 0 Å². The van der Waals surface area contributed by atoms with Crippen molar-refractivity contribution in [3.63, 3.8) is 0 Å². The highest BCUT2D eigenvalue weighted by atomic mass is 35.5. The van der Waals surface area contributed by atoms with E-state index in [1.54, 1.807) is 24.5 Å². The Labute approximate surface area is 209 Å². The van der Waals surface area contributed by atoms with Crippen LogP contribution in [0.5, 0.6) is 5.75 Å². The Bertz CT molecular complexity index is 1410. The Morgan fingerprint density at radius 3 is 2.54 bits per heavy atom. The zero-order valence-electron chi connectivity index (χ0n) is 20.1. The summed E-state index contributed by atoms with van der Waals surface area (Å²) in [7, 11) is 0. The number of benzene rings is 2. The van der Waals surface area contributed by atoms with Crippen molar-refractivity contribution in [3.05, 3.63) is 99.5 Å². The lowest BCUT2D eigenvalue weighted by Gasteiger charge is -2.27. The minimum absolute atomic E-state index is 0.00974. The number of carbonyl (C=O) groups is 1. The quantitative estimate of drug-likeness (QED) is 0.360. The highest BCUT2D eigenvalue weighted by molar-refractivity contribution is 6.31. The summed E-state index contributed by atoms with van der Waals surface area (Å²) in [5.41, 5.74) is 6.05. The van der Waals surface area contributed by atoms with Gasteiger partial charge in [0, 0.05) is 35.1 Å². The molecule has 0 saturated carbocycles. The molecule has 0 bridgehead atoms. The molecule has 7 heteroatoms. The third kappa shape index (κ3) is 4.08. The predicted molar refractivity (Wildman–Crippen MR) is 137 cm³/mol. The first-order valence-electron chi connectivity index (χ1n) is 11.5. The molecule has 178 valence electrons. The Hall–Kier alpha value is -3.64. The maximum Gasteiger partial charge on any atom is 0.273 e. The molecule has 1 aliphatic heterocycles. The van der Waals surface area contributed by atoms with Gasteiger partial charge in [0.15, 0.2) is 0 Å². The van der Waals surface area contributed by atoms with Gasteiger partial charge in [-0.2, -0.15) is 5.10 Å². The summed E-state index contributed by atoms with van der Waals surface area (Å²) >= 11 is 6.40. The lowest BCUT2D eigenvalue weighted by Crippen LogP contribution is -2.29. The van der Waals surface area contributed by atoms with E-state index in [4.69, 9.17) is 11.6 Å². The maximum atomic E-state index is 13.6. The lowest BCUT2D eigenvalue weighted by atomic mass is 9.85. The van der Waals surface area contributed by atoms with Gasteiger partial charge in [0.1, 0.15) is 17.1 Å². The van der Waals surface area contributed by atoms with Crippen molar-refractivity contribution in [1.29, 1.82) is 0 Å². The average Bonchev–Trinajstić information content (AvgIpc) is 3.36. The topological polar surface area (TPSA) is 82.1 Å². The van der Waals surface area contributed by atoms with E-state index in [1.807, 2.05) is 24.0 Å². The van der Waals surface area contributed by atoms with Crippen LogP contribution in [0.3, 0.4) is 0 Å². The Kier molecular flexibility index (Phi) is 5.64. The summed E-state index contributed by atoms with van der Waals surface area (Å²) < 4.78 is 0. The summed E-state index contributed by atoms with van der Waals surface area (Å²) in [5.74, 6) is -0.0774. The number of aromatic nitrogens is 3.